The van der Waals surface area contributed by atoms with Crippen LogP contribution in [0.3, 0.4) is 0 Å². The van der Waals surface area contributed by atoms with Gasteiger partial charge in [-0.15, -0.1) is 0 Å². The number of ether oxygens (including phenoxy) is 1. The zero-order valence-corrected chi connectivity index (χ0v) is 8.93. The molecule has 0 saturated carbocycles. The summed E-state index contributed by atoms with van der Waals surface area (Å²) in [7, 11) is 0. The van der Waals surface area contributed by atoms with Gasteiger partial charge in [0.25, 0.3) is 0 Å². The van der Waals surface area contributed by atoms with Gasteiger partial charge in [-0.2, -0.15) is 5.10 Å². The van der Waals surface area contributed by atoms with Gasteiger partial charge in [0, 0.05) is 11.8 Å². The molecule has 0 unspecified atom stereocenters. The second-order valence-electron chi connectivity index (χ2n) is 3.23. The van der Waals surface area contributed by atoms with Crippen LogP contribution in [0.1, 0.15) is 17.4 Å². The van der Waals surface area contributed by atoms with Crippen LogP contribution in [0.5, 0.6) is 0 Å². The number of aromatic nitrogens is 2. The average molecular weight is 216 g/mol. The Bertz CT molecular complexity index is 477. The molecular weight excluding hydrogens is 204 g/mol. The van der Waals surface area contributed by atoms with Gasteiger partial charge in [0.2, 0.25) is 0 Å². The summed E-state index contributed by atoms with van der Waals surface area (Å²) in [6, 6.07) is 9.60. The Morgan fingerprint density at radius 1 is 1.38 bits per heavy atom. The van der Waals surface area contributed by atoms with Crippen molar-refractivity contribution in [1.29, 1.82) is 0 Å². The van der Waals surface area contributed by atoms with Crippen molar-refractivity contribution in [2.45, 2.75) is 6.92 Å². The number of nitrogens with one attached hydrogen (secondary N) is 1. The van der Waals surface area contributed by atoms with Crippen LogP contribution < -0.4 is 0 Å². The second kappa shape index (κ2) is 4.61. The van der Waals surface area contributed by atoms with Crippen molar-refractivity contribution in [1.82, 2.24) is 10.2 Å². The zero-order valence-electron chi connectivity index (χ0n) is 8.93. The molecule has 1 N–H and O–H groups in total. The zero-order chi connectivity index (χ0) is 11.4. The number of hydrogen-bond acceptors (Lipinski definition) is 3. The monoisotopic (exact) mass is 216 g/mol. The molecule has 4 nitrogen and oxygen atoms in total. The van der Waals surface area contributed by atoms with Crippen LogP contribution in [0, 0.1) is 0 Å². The van der Waals surface area contributed by atoms with E-state index in [-0.39, 0.29) is 0 Å². The van der Waals surface area contributed by atoms with Gasteiger partial charge in [0.05, 0.1) is 6.61 Å². The molecule has 0 aliphatic carbocycles. The Labute approximate surface area is 93.3 Å². The van der Waals surface area contributed by atoms with Gasteiger partial charge in [-0.25, -0.2) is 4.79 Å². The molecule has 0 spiro atoms. The molecule has 2 rings (SSSR count). The Morgan fingerprint density at radius 2 is 2.12 bits per heavy atom. The number of rotatable bonds is 3. The quantitative estimate of drug-likeness (QED) is 0.800. The summed E-state index contributed by atoms with van der Waals surface area (Å²) in [5.41, 5.74) is 2.03. The first-order valence-corrected chi connectivity index (χ1v) is 5.09. The summed E-state index contributed by atoms with van der Waals surface area (Å²) in [6.45, 7) is 2.12. The molecule has 4 heteroatoms. The van der Waals surface area contributed by atoms with Crippen molar-refractivity contribution in [3.8, 4) is 11.1 Å². The average Bonchev–Trinajstić information content (AvgIpc) is 2.79. The van der Waals surface area contributed by atoms with E-state index < -0.39 is 5.97 Å². The largest absolute Gasteiger partial charge is 0.461 e. The van der Waals surface area contributed by atoms with Gasteiger partial charge < -0.3 is 4.74 Å². The highest BCUT2D eigenvalue weighted by atomic mass is 16.5. The Balaban J connectivity index is 2.37. The van der Waals surface area contributed by atoms with Crippen molar-refractivity contribution in [3.63, 3.8) is 0 Å². The van der Waals surface area contributed by atoms with Crippen LogP contribution in [0.15, 0.2) is 36.5 Å². The fraction of sp³-hybridized carbons (Fsp3) is 0.167. The molecule has 0 bridgehead atoms. The molecule has 0 aliphatic rings. The molecule has 0 fully saturated rings. The third kappa shape index (κ3) is 1.95. The van der Waals surface area contributed by atoms with Crippen molar-refractivity contribution in [3.05, 3.63) is 42.2 Å². The third-order valence-electron chi connectivity index (χ3n) is 2.19. The van der Waals surface area contributed by atoms with Crippen molar-refractivity contribution >= 4 is 5.97 Å². The fourth-order valence-corrected chi connectivity index (χ4v) is 1.48. The molecule has 0 amide bonds. The molecule has 1 heterocycles. The summed E-state index contributed by atoms with van der Waals surface area (Å²) < 4.78 is 4.93. The minimum absolute atomic E-state index is 0.327. The first-order chi connectivity index (χ1) is 7.83. The van der Waals surface area contributed by atoms with Crippen LogP contribution in [0.4, 0.5) is 0 Å². The molecule has 0 saturated heterocycles. The number of aromatic amines is 1. The number of benzene rings is 1. The molecular formula is C12H12N2O2. The van der Waals surface area contributed by atoms with Crippen LogP contribution in [0.2, 0.25) is 0 Å². The lowest BCUT2D eigenvalue weighted by Gasteiger charge is -2.01. The predicted octanol–water partition coefficient (Wildman–Crippen LogP) is 2.25. The second-order valence-corrected chi connectivity index (χ2v) is 3.23. The maximum absolute atomic E-state index is 11.6. The summed E-state index contributed by atoms with van der Waals surface area (Å²) in [4.78, 5) is 11.6. The van der Waals surface area contributed by atoms with Crippen LogP contribution in [0.25, 0.3) is 11.1 Å². The Kier molecular flexibility index (Phi) is 3.00. The summed E-state index contributed by atoms with van der Waals surface area (Å²) in [5, 5.41) is 6.60. The van der Waals surface area contributed by atoms with Crippen molar-refractivity contribution < 1.29 is 9.53 Å². The summed E-state index contributed by atoms with van der Waals surface area (Å²) in [5.74, 6) is -0.400. The standard InChI is InChI=1S/C12H12N2O2/c1-2-16-12(15)11-10(8-13-14-11)9-6-4-3-5-7-9/h3-8H,2H2,1H3,(H,13,14). The summed E-state index contributed by atoms with van der Waals surface area (Å²) in [6.07, 6.45) is 1.70. The van der Waals surface area contributed by atoms with E-state index in [4.69, 9.17) is 4.74 Å². The number of carbonyl (C=O) groups is 1. The highest BCUT2D eigenvalue weighted by Crippen LogP contribution is 2.21. The SMILES string of the molecule is CCOC(=O)c1n[nH]cc1-c1ccccc1. The summed E-state index contributed by atoms with van der Waals surface area (Å²) >= 11 is 0. The van der Waals surface area contributed by atoms with E-state index in [9.17, 15) is 4.79 Å². The maximum atomic E-state index is 11.6. The minimum atomic E-state index is -0.400. The van der Waals surface area contributed by atoms with Gasteiger partial charge in [-0.3, -0.25) is 5.10 Å². The van der Waals surface area contributed by atoms with Crippen LogP contribution in [-0.4, -0.2) is 22.8 Å². The molecule has 16 heavy (non-hydrogen) atoms. The van der Waals surface area contributed by atoms with E-state index in [0.29, 0.717) is 12.3 Å². The van der Waals surface area contributed by atoms with Gasteiger partial charge in [0.15, 0.2) is 5.69 Å². The molecule has 82 valence electrons. The third-order valence-corrected chi connectivity index (χ3v) is 2.19. The number of nitrogens with zero attached hydrogens (tertiary/aromatic N) is 1. The highest BCUT2D eigenvalue weighted by Gasteiger charge is 2.16. The molecule has 1 aromatic carbocycles. The lowest BCUT2D eigenvalue weighted by molar-refractivity contribution is 0.0520. The van der Waals surface area contributed by atoms with Gasteiger partial charge >= 0.3 is 5.97 Å². The molecule has 1 aromatic heterocycles. The molecule has 0 radical (unpaired) electrons. The van der Waals surface area contributed by atoms with E-state index >= 15 is 0 Å². The maximum Gasteiger partial charge on any atom is 0.359 e. The van der Waals surface area contributed by atoms with E-state index in [0.717, 1.165) is 11.1 Å². The number of esters is 1. The number of H-pyrrole nitrogens is 1. The molecule has 0 atom stereocenters. The van der Waals surface area contributed by atoms with E-state index in [1.165, 1.54) is 0 Å². The Hall–Kier alpha value is -2.10. The van der Waals surface area contributed by atoms with E-state index in [1.54, 1.807) is 13.1 Å². The first-order valence-electron chi connectivity index (χ1n) is 5.09. The van der Waals surface area contributed by atoms with E-state index in [1.807, 2.05) is 30.3 Å². The number of hydrogen-bond donors (Lipinski definition) is 1. The van der Waals surface area contributed by atoms with Crippen molar-refractivity contribution in [2.24, 2.45) is 0 Å². The number of carbonyl (C=O) groups excluding carboxylic acids is 1. The van der Waals surface area contributed by atoms with Gasteiger partial charge in [-0.05, 0) is 12.5 Å². The first kappa shape index (κ1) is 10.4. The molecule has 0 aliphatic heterocycles. The van der Waals surface area contributed by atoms with Crippen LogP contribution in [-0.2, 0) is 4.74 Å². The minimum Gasteiger partial charge on any atom is -0.461 e. The Morgan fingerprint density at radius 3 is 2.81 bits per heavy atom. The lowest BCUT2D eigenvalue weighted by Crippen LogP contribution is -2.06. The fourth-order valence-electron chi connectivity index (χ4n) is 1.48. The van der Waals surface area contributed by atoms with Gasteiger partial charge in [-0.1, -0.05) is 30.3 Å². The van der Waals surface area contributed by atoms with Crippen LogP contribution >= 0.6 is 0 Å². The lowest BCUT2D eigenvalue weighted by atomic mass is 10.1. The van der Waals surface area contributed by atoms with Crippen molar-refractivity contribution in [2.75, 3.05) is 6.61 Å². The van der Waals surface area contributed by atoms with E-state index in [2.05, 4.69) is 10.2 Å². The van der Waals surface area contributed by atoms with Gasteiger partial charge in [0.1, 0.15) is 0 Å². The highest BCUT2D eigenvalue weighted by molar-refractivity contribution is 5.95. The molecule has 2 aromatic rings. The topological polar surface area (TPSA) is 55.0 Å². The smallest absolute Gasteiger partial charge is 0.359 e. The normalized spacial score (nSPS) is 10.1. The predicted molar refractivity (Wildman–Crippen MR) is 60.0 cm³/mol.